The Balaban J connectivity index is 1.34. The molecule has 3 atom stereocenters. The molecular formula is C37H43NO3. The first-order chi connectivity index (χ1) is 19.7. The van der Waals surface area contributed by atoms with Gasteiger partial charge in [0.2, 0.25) is 0 Å². The van der Waals surface area contributed by atoms with Crippen LogP contribution in [-0.2, 0) is 17.7 Å². The minimum absolute atomic E-state index is 0.0209. The second-order valence-electron chi connectivity index (χ2n) is 11.9. The third-order valence-corrected chi connectivity index (χ3v) is 8.55. The first-order valence-corrected chi connectivity index (χ1v) is 14.7. The summed E-state index contributed by atoms with van der Waals surface area (Å²) in [5.41, 5.74) is 13.5. The number of para-hydroxylation sites is 2. The number of hydrogen-bond acceptors (Lipinski definition) is 4. The summed E-state index contributed by atoms with van der Waals surface area (Å²) in [6.07, 6.45) is 6.86. The predicted octanol–water partition coefficient (Wildman–Crippen LogP) is 8.85. The largest absolute Gasteiger partial charge is 0.496 e. The molecule has 4 nitrogen and oxygen atoms in total. The number of rotatable bonds is 8. The number of nitrogens with zero attached hydrogens (tertiary/aromatic N) is 1. The Kier molecular flexibility index (Phi) is 8.40. The minimum Gasteiger partial charge on any atom is -0.496 e. The van der Waals surface area contributed by atoms with Gasteiger partial charge in [-0.2, -0.15) is 0 Å². The number of ether oxygens (including phenoxy) is 2. The fourth-order valence-corrected chi connectivity index (χ4v) is 7.14. The van der Waals surface area contributed by atoms with Crippen molar-refractivity contribution in [1.29, 1.82) is 0 Å². The predicted molar refractivity (Wildman–Crippen MR) is 169 cm³/mol. The van der Waals surface area contributed by atoms with E-state index in [4.69, 9.17) is 14.3 Å². The third kappa shape index (κ3) is 5.84. The van der Waals surface area contributed by atoms with Gasteiger partial charge in [0, 0.05) is 41.9 Å². The van der Waals surface area contributed by atoms with Gasteiger partial charge in [-0.25, -0.2) is 0 Å². The summed E-state index contributed by atoms with van der Waals surface area (Å²) in [5.74, 6) is 2.61. The van der Waals surface area contributed by atoms with Crippen LogP contribution in [0.25, 0.3) is 11.1 Å². The zero-order chi connectivity index (χ0) is 29.3. The van der Waals surface area contributed by atoms with Gasteiger partial charge < -0.3 is 14.3 Å². The van der Waals surface area contributed by atoms with Crippen LogP contribution in [0.3, 0.4) is 0 Å². The highest BCUT2D eigenvalue weighted by Crippen LogP contribution is 2.43. The molecule has 0 spiro atoms. The number of allylic oxidation sites excluding steroid dienone is 4. The van der Waals surface area contributed by atoms with Crippen molar-refractivity contribution >= 4 is 5.71 Å². The molecule has 0 bridgehead atoms. The second-order valence-corrected chi connectivity index (χ2v) is 11.9. The van der Waals surface area contributed by atoms with Gasteiger partial charge in [-0.15, -0.1) is 0 Å². The Morgan fingerprint density at radius 1 is 0.878 bits per heavy atom. The van der Waals surface area contributed by atoms with Crippen LogP contribution in [0.5, 0.6) is 11.5 Å². The highest BCUT2D eigenvalue weighted by atomic mass is 16.6. The quantitative estimate of drug-likeness (QED) is 0.282. The van der Waals surface area contributed by atoms with Crippen molar-refractivity contribution < 1.29 is 14.3 Å². The summed E-state index contributed by atoms with van der Waals surface area (Å²) in [4.78, 5) is 5.99. The monoisotopic (exact) mass is 549 g/mol. The van der Waals surface area contributed by atoms with Crippen molar-refractivity contribution in [2.45, 2.75) is 72.8 Å². The summed E-state index contributed by atoms with van der Waals surface area (Å²) in [6.45, 7) is 13.2. The lowest BCUT2D eigenvalue weighted by Crippen LogP contribution is -2.17. The third-order valence-electron chi connectivity index (χ3n) is 8.55. The van der Waals surface area contributed by atoms with Gasteiger partial charge in [0.05, 0.1) is 19.9 Å². The van der Waals surface area contributed by atoms with E-state index in [1.807, 2.05) is 0 Å². The van der Waals surface area contributed by atoms with Crippen molar-refractivity contribution in [3.8, 4) is 22.6 Å². The van der Waals surface area contributed by atoms with Gasteiger partial charge in [-0.05, 0) is 62.8 Å². The van der Waals surface area contributed by atoms with E-state index in [-0.39, 0.29) is 6.10 Å². The van der Waals surface area contributed by atoms with Crippen LogP contribution in [-0.4, -0.2) is 26.0 Å². The summed E-state index contributed by atoms with van der Waals surface area (Å²) in [5, 5.41) is 4.54. The van der Waals surface area contributed by atoms with E-state index < -0.39 is 0 Å². The highest BCUT2D eigenvalue weighted by Gasteiger charge is 2.29. The molecule has 3 aromatic carbocycles. The van der Waals surface area contributed by atoms with Crippen LogP contribution in [0.1, 0.15) is 66.5 Å². The zero-order valence-electron chi connectivity index (χ0n) is 25.8. The molecule has 1 heterocycles. The normalized spacial score (nSPS) is 20.2. The number of methoxy groups -OCH3 is 2. The second kappa shape index (κ2) is 12.0. The summed E-state index contributed by atoms with van der Waals surface area (Å²) < 4.78 is 12.0. The van der Waals surface area contributed by atoms with Gasteiger partial charge in [-0.1, -0.05) is 89.5 Å². The van der Waals surface area contributed by atoms with Crippen molar-refractivity contribution in [3.05, 3.63) is 105 Å². The van der Waals surface area contributed by atoms with Gasteiger partial charge in [0.1, 0.15) is 17.6 Å². The Labute approximate surface area is 245 Å². The molecule has 214 valence electrons. The molecule has 3 aromatic rings. The van der Waals surface area contributed by atoms with E-state index in [0.29, 0.717) is 18.3 Å². The Morgan fingerprint density at radius 2 is 1.56 bits per heavy atom. The van der Waals surface area contributed by atoms with E-state index in [9.17, 15) is 0 Å². The van der Waals surface area contributed by atoms with Crippen LogP contribution >= 0.6 is 0 Å². The van der Waals surface area contributed by atoms with Crippen LogP contribution < -0.4 is 9.47 Å². The number of aryl methyl sites for hydroxylation is 3. The molecular weight excluding hydrogens is 506 g/mol. The van der Waals surface area contributed by atoms with E-state index in [2.05, 4.69) is 107 Å². The molecule has 41 heavy (non-hydrogen) atoms. The molecule has 0 aromatic heterocycles. The summed E-state index contributed by atoms with van der Waals surface area (Å²) >= 11 is 0. The highest BCUT2D eigenvalue weighted by molar-refractivity contribution is 5.89. The first-order valence-electron chi connectivity index (χ1n) is 14.7. The molecule has 4 heteroatoms. The van der Waals surface area contributed by atoms with Crippen LogP contribution in [0.15, 0.2) is 77.0 Å². The maximum atomic E-state index is 6.04. The van der Waals surface area contributed by atoms with E-state index in [1.165, 1.54) is 44.5 Å². The standard InChI is InChI=1S/C37H43NO3/c1-22-15-24(3)34(25(4)16-22)32-13-9-11-28(36(32)39-7)19-30-21-31(41-38-30)20-29-12-10-14-33(37(29)40-8)35-26(5)17-23(2)18-27(35)6/h9-18,26,31,35H,19-21H2,1-8H3. The average Bonchev–Trinajstić information content (AvgIpc) is 3.34. The van der Waals surface area contributed by atoms with Crippen LogP contribution in [0.2, 0.25) is 0 Å². The average molecular weight is 550 g/mol. The molecule has 3 unspecified atom stereocenters. The minimum atomic E-state index is -0.0209. The van der Waals surface area contributed by atoms with E-state index >= 15 is 0 Å². The van der Waals surface area contributed by atoms with Crippen molar-refractivity contribution in [3.63, 3.8) is 0 Å². The number of benzene rings is 3. The number of oxime groups is 1. The van der Waals surface area contributed by atoms with Crippen molar-refractivity contribution in [2.24, 2.45) is 11.1 Å². The molecule has 2 aliphatic rings. The number of hydrogen-bond donors (Lipinski definition) is 0. The first kappa shape index (κ1) is 28.7. The van der Waals surface area contributed by atoms with Crippen LogP contribution in [0.4, 0.5) is 0 Å². The molecule has 5 rings (SSSR count). The zero-order valence-corrected chi connectivity index (χ0v) is 25.8. The van der Waals surface area contributed by atoms with E-state index in [1.54, 1.807) is 14.2 Å². The molecule has 1 aliphatic heterocycles. The topological polar surface area (TPSA) is 40.0 Å². The van der Waals surface area contributed by atoms with Crippen molar-refractivity contribution in [2.75, 3.05) is 14.2 Å². The van der Waals surface area contributed by atoms with Crippen LogP contribution in [0, 0.1) is 26.7 Å². The smallest absolute Gasteiger partial charge is 0.137 e. The molecule has 1 aliphatic carbocycles. The maximum absolute atomic E-state index is 6.04. The summed E-state index contributed by atoms with van der Waals surface area (Å²) in [7, 11) is 3.54. The van der Waals surface area contributed by atoms with Gasteiger partial charge >= 0.3 is 0 Å². The lowest BCUT2D eigenvalue weighted by atomic mass is 9.76. The fourth-order valence-electron chi connectivity index (χ4n) is 7.14. The molecule has 0 radical (unpaired) electrons. The molecule has 0 fully saturated rings. The van der Waals surface area contributed by atoms with E-state index in [0.717, 1.165) is 41.2 Å². The summed E-state index contributed by atoms with van der Waals surface area (Å²) in [6, 6.07) is 17.4. The van der Waals surface area contributed by atoms with Crippen molar-refractivity contribution in [1.82, 2.24) is 0 Å². The van der Waals surface area contributed by atoms with Gasteiger partial charge in [-0.3, -0.25) is 0 Å². The molecule has 0 saturated carbocycles. The Bertz CT molecular complexity index is 1520. The molecule has 0 saturated heterocycles. The lowest BCUT2D eigenvalue weighted by molar-refractivity contribution is 0.0854. The van der Waals surface area contributed by atoms with Gasteiger partial charge in [0.25, 0.3) is 0 Å². The molecule has 0 amide bonds. The molecule has 0 N–H and O–H groups in total. The Morgan fingerprint density at radius 3 is 2.24 bits per heavy atom. The SMILES string of the molecule is COc1c(CC2=NOC(Cc3cccc(C4C(C)=CC(C)=CC4C)c3OC)C2)cccc1-c1c(C)cc(C)cc1C. The Hall–Kier alpha value is -3.79. The van der Waals surface area contributed by atoms with Gasteiger partial charge in [0.15, 0.2) is 0 Å². The maximum Gasteiger partial charge on any atom is 0.137 e. The fraction of sp³-hybridized carbons (Fsp3) is 0.378. The lowest BCUT2D eigenvalue weighted by Gasteiger charge is -2.29.